The van der Waals surface area contributed by atoms with Gasteiger partial charge in [-0.25, -0.2) is 0 Å². The van der Waals surface area contributed by atoms with Crippen molar-refractivity contribution in [2.45, 2.75) is 41.1 Å². The number of halogens is 6. The fourth-order valence-corrected chi connectivity index (χ4v) is 3.03. The first-order valence-electron chi connectivity index (χ1n) is 11.4. The van der Waals surface area contributed by atoms with E-state index in [1.54, 1.807) is 36.5 Å². The summed E-state index contributed by atoms with van der Waals surface area (Å²) in [7, 11) is 0. The van der Waals surface area contributed by atoms with Crippen molar-refractivity contribution in [2.75, 3.05) is 0 Å². The van der Waals surface area contributed by atoms with E-state index in [-0.39, 0.29) is 20.5 Å². The molecule has 4 aromatic rings. The molecule has 0 bridgehead atoms. The van der Waals surface area contributed by atoms with Crippen molar-refractivity contribution < 1.29 is 48.7 Å². The number of carbonyl (C=O) groups excluding carboxylic acids is 1. The molecule has 0 aliphatic rings. The first kappa shape index (κ1) is 41.7. The molecule has 0 unspecified atom stereocenters. The van der Waals surface area contributed by atoms with Gasteiger partial charge in [0, 0.05) is 36.1 Å². The van der Waals surface area contributed by atoms with Crippen LogP contribution >= 0.6 is 0 Å². The zero-order valence-electron chi connectivity index (χ0n) is 21.8. The standard InChI is InChI=1S/C13H8F3NO.C13H10F3N.C2H4O2.2CH4.O2Se/c14-13(15,16)11-3-1-2-9(6-11)10-4-5-12(8-18)17-7-10;1-9-5-6-11(8-17-9)10-3-2-4-12(7-10)13(14,15)16;1-2(3)4;;;1-3-2/h1-8H;2-8H,1H3;1H3,(H,3,4);2*1H4;. The monoisotopic (exact) mass is 692 g/mol. The van der Waals surface area contributed by atoms with Crippen LogP contribution in [0.1, 0.15) is 49.1 Å². The van der Waals surface area contributed by atoms with Crippen LogP contribution in [0.4, 0.5) is 26.3 Å². The van der Waals surface area contributed by atoms with Crippen molar-refractivity contribution in [2.24, 2.45) is 0 Å². The summed E-state index contributed by atoms with van der Waals surface area (Å²) in [5.74, 6) is -0.833. The van der Waals surface area contributed by atoms with E-state index in [1.165, 1.54) is 24.4 Å². The van der Waals surface area contributed by atoms with Gasteiger partial charge in [0.15, 0.2) is 6.29 Å². The molecule has 238 valence electrons. The summed E-state index contributed by atoms with van der Waals surface area (Å²) in [6.07, 6.45) is -5.15. The molecule has 0 radical (unpaired) electrons. The quantitative estimate of drug-likeness (QED) is 0.130. The Morgan fingerprint density at radius 1 is 0.727 bits per heavy atom. The molecule has 0 aliphatic carbocycles. The average molecular weight is 692 g/mol. The van der Waals surface area contributed by atoms with Gasteiger partial charge in [0.05, 0.1) is 11.1 Å². The van der Waals surface area contributed by atoms with E-state index < -0.39 is 44.3 Å². The Morgan fingerprint density at radius 3 is 1.41 bits per heavy atom. The Labute approximate surface area is 256 Å². The molecule has 2 heterocycles. The molecule has 0 aliphatic heterocycles. The third-order valence-electron chi connectivity index (χ3n) is 4.86. The molecule has 2 aromatic carbocycles. The molecule has 7 nitrogen and oxygen atoms in total. The van der Waals surface area contributed by atoms with E-state index in [4.69, 9.17) is 17.6 Å². The number of alkyl halides is 6. The summed E-state index contributed by atoms with van der Waals surface area (Å²) in [5, 5.41) is 7.42. The van der Waals surface area contributed by atoms with Gasteiger partial charge in [-0.1, -0.05) is 51.3 Å². The van der Waals surface area contributed by atoms with Gasteiger partial charge in [-0.2, -0.15) is 26.3 Å². The molecule has 0 saturated heterocycles. The van der Waals surface area contributed by atoms with E-state index in [9.17, 15) is 31.1 Å². The molecule has 44 heavy (non-hydrogen) atoms. The topological polar surface area (TPSA) is 114 Å². The predicted octanol–water partition coefficient (Wildman–Crippen LogP) is 8.40. The van der Waals surface area contributed by atoms with Gasteiger partial charge in [-0.05, 0) is 54.4 Å². The second-order valence-electron chi connectivity index (χ2n) is 8.02. The van der Waals surface area contributed by atoms with E-state index in [0.717, 1.165) is 36.9 Å². The molecule has 14 heteroatoms. The Hall–Kier alpha value is -4.42. The number of benzene rings is 2. The molecule has 0 fully saturated rings. The number of carbonyl (C=O) groups is 2. The van der Waals surface area contributed by atoms with Gasteiger partial charge in [-0.15, -0.1) is 0 Å². The van der Waals surface area contributed by atoms with Gasteiger partial charge in [0.25, 0.3) is 5.97 Å². The normalized spacial score (nSPS) is 9.91. The molecular weight excluding hydrogens is 661 g/mol. The van der Waals surface area contributed by atoms with Crippen molar-refractivity contribution in [3.05, 3.63) is 108 Å². The number of nitrogens with zero attached hydrogens (tertiary/aromatic N) is 2. The second-order valence-corrected chi connectivity index (χ2v) is 8.31. The summed E-state index contributed by atoms with van der Waals surface area (Å²) in [6, 6.07) is 16.8. The molecule has 4 rings (SSSR count). The Kier molecular flexibility index (Phi) is 18.7. The Bertz CT molecular complexity index is 1480. The maximum atomic E-state index is 12.5. The number of aldehydes is 1. The fourth-order valence-electron chi connectivity index (χ4n) is 3.03. The molecule has 2 aromatic heterocycles. The van der Waals surface area contributed by atoms with Crippen LogP contribution in [0.2, 0.25) is 0 Å². The van der Waals surface area contributed by atoms with Gasteiger partial charge in [-0.3, -0.25) is 19.6 Å². The van der Waals surface area contributed by atoms with Gasteiger partial charge in [0.1, 0.15) is 5.69 Å². The third kappa shape index (κ3) is 15.2. The van der Waals surface area contributed by atoms with Crippen LogP contribution in [0.15, 0.2) is 85.2 Å². The predicted molar refractivity (Wildman–Crippen MR) is 153 cm³/mol. The molecule has 1 N–H and O–H groups in total. The van der Waals surface area contributed by atoms with Crippen molar-refractivity contribution >= 4 is 27.1 Å². The number of carboxylic acids is 1. The van der Waals surface area contributed by atoms with Crippen molar-refractivity contribution in [3.8, 4) is 22.3 Å². The van der Waals surface area contributed by atoms with Crippen LogP contribution in [-0.2, 0) is 24.8 Å². The molecule has 0 spiro atoms. The van der Waals surface area contributed by atoms with Gasteiger partial charge in [0.2, 0.25) is 0 Å². The van der Waals surface area contributed by atoms with Crippen LogP contribution in [0.25, 0.3) is 22.3 Å². The summed E-state index contributed by atoms with van der Waals surface area (Å²) >= 11 is -1.62. The Balaban J connectivity index is 0. The minimum atomic E-state index is -4.37. The number of aryl methyl sites for hydroxylation is 1. The van der Waals surface area contributed by atoms with E-state index in [1.807, 2.05) is 6.92 Å². The fraction of sp³-hybridized carbons (Fsp3) is 0.200. The molecule has 0 atom stereocenters. The van der Waals surface area contributed by atoms with Crippen molar-refractivity contribution in [1.82, 2.24) is 9.97 Å². The van der Waals surface area contributed by atoms with Crippen LogP contribution in [0, 0.1) is 6.92 Å². The molecule has 0 saturated carbocycles. The first-order valence-corrected chi connectivity index (χ1v) is 12.8. The minimum absolute atomic E-state index is 0. The summed E-state index contributed by atoms with van der Waals surface area (Å²) in [5.41, 5.74) is 1.87. The average Bonchev–Trinajstić information content (AvgIpc) is 2.93. The van der Waals surface area contributed by atoms with Crippen LogP contribution < -0.4 is 0 Å². The van der Waals surface area contributed by atoms with E-state index >= 15 is 0 Å². The van der Waals surface area contributed by atoms with Crippen LogP contribution in [0.5, 0.6) is 0 Å². The molecular formula is C30H30F6N2O5Se. The number of hydrogen-bond acceptors (Lipinski definition) is 6. The number of rotatable bonds is 3. The van der Waals surface area contributed by atoms with Gasteiger partial charge >= 0.3 is 34.8 Å². The summed E-state index contributed by atoms with van der Waals surface area (Å²) in [6.45, 7) is 2.91. The van der Waals surface area contributed by atoms with E-state index in [2.05, 4.69) is 9.97 Å². The number of carboxylic acid groups (broad SMARTS) is 1. The van der Waals surface area contributed by atoms with Crippen molar-refractivity contribution in [3.63, 3.8) is 0 Å². The third-order valence-corrected chi connectivity index (χ3v) is 4.86. The zero-order valence-corrected chi connectivity index (χ0v) is 23.5. The van der Waals surface area contributed by atoms with E-state index in [0.29, 0.717) is 28.5 Å². The molecule has 0 amide bonds. The van der Waals surface area contributed by atoms with Gasteiger partial charge < -0.3 is 5.11 Å². The SMILES string of the molecule is C.C.CC(=O)O.Cc1ccc(-c2cccc(C(F)(F)F)c2)cn1.O=Cc1ccc(-c2cccc(C(F)(F)F)c2)cn1.O=[Se]=O. The van der Waals surface area contributed by atoms with Crippen molar-refractivity contribution in [1.29, 1.82) is 0 Å². The number of hydrogen-bond donors (Lipinski definition) is 1. The number of pyridine rings is 2. The number of aromatic nitrogens is 2. The summed E-state index contributed by atoms with van der Waals surface area (Å²) in [4.78, 5) is 27.3. The maximum absolute atomic E-state index is 12.5. The second kappa shape index (κ2) is 19.7. The van der Waals surface area contributed by atoms with Crippen LogP contribution in [0.3, 0.4) is 0 Å². The number of aliphatic carboxylic acids is 1. The van der Waals surface area contributed by atoms with Crippen LogP contribution in [-0.4, -0.2) is 42.2 Å². The summed E-state index contributed by atoms with van der Waals surface area (Å²) < 4.78 is 92.1. The first-order chi connectivity index (χ1) is 19.6. The Morgan fingerprint density at radius 2 is 1.11 bits per heavy atom. The zero-order chi connectivity index (χ0) is 31.9.